The highest BCUT2D eigenvalue weighted by Gasteiger charge is 2.28. The quantitative estimate of drug-likeness (QED) is 0.801. The Morgan fingerprint density at radius 3 is 2.60 bits per heavy atom. The maximum atomic E-state index is 11.8. The molecule has 3 nitrogen and oxygen atoms in total. The summed E-state index contributed by atoms with van der Waals surface area (Å²) in [5.74, 6) is 0.354. The molecular weight excluding hydrogens is 277 g/mol. The summed E-state index contributed by atoms with van der Waals surface area (Å²) in [6.45, 7) is 0.453. The first kappa shape index (κ1) is 12.2. The highest BCUT2D eigenvalue weighted by atomic mass is 79.9. The van der Waals surface area contributed by atoms with Gasteiger partial charge >= 0.3 is 6.18 Å². The Morgan fingerprint density at radius 2 is 2.07 bits per heavy atom. The van der Waals surface area contributed by atoms with Gasteiger partial charge in [-0.15, -0.1) is 0 Å². The van der Waals surface area contributed by atoms with Crippen LogP contribution in [0.15, 0.2) is 10.7 Å². The Bertz CT molecular complexity index is 343. The Balaban J connectivity index is 2.73. The van der Waals surface area contributed by atoms with E-state index in [1.54, 1.807) is 6.92 Å². The van der Waals surface area contributed by atoms with E-state index in [4.69, 9.17) is 0 Å². The molecule has 1 aromatic rings. The van der Waals surface area contributed by atoms with Gasteiger partial charge in [0, 0.05) is 12.5 Å². The Kier molecular flexibility index (Phi) is 3.90. The minimum absolute atomic E-state index is 0.0777. The third-order valence-corrected chi connectivity index (χ3v) is 1.82. The van der Waals surface area contributed by atoms with Gasteiger partial charge in [-0.2, -0.15) is 18.2 Å². The molecule has 1 rings (SSSR count). The molecule has 7 heteroatoms. The number of hydrogen-bond donors (Lipinski definition) is 0. The van der Waals surface area contributed by atoms with Gasteiger partial charge in [0.25, 0.3) is 0 Å². The van der Waals surface area contributed by atoms with Crippen LogP contribution in [0.1, 0.15) is 12.7 Å². The van der Waals surface area contributed by atoms with Crippen molar-refractivity contribution >= 4 is 15.9 Å². The van der Waals surface area contributed by atoms with Crippen LogP contribution in [0, 0.1) is 0 Å². The fourth-order valence-corrected chi connectivity index (χ4v) is 1.23. The number of hydrogen-bond acceptors (Lipinski definition) is 3. The summed E-state index contributed by atoms with van der Waals surface area (Å²) in [6, 6.07) is 1.30. The van der Waals surface area contributed by atoms with Crippen LogP contribution in [0.5, 0.6) is 5.88 Å². The molecule has 0 aliphatic rings. The first-order chi connectivity index (χ1) is 6.90. The maximum absolute atomic E-state index is 11.8. The summed E-state index contributed by atoms with van der Waals surface area (Å²) in [5, 5.41) is 0. The number of aromatic nitrogens is 2. The average Bonchev–Trinajstić information content (AvgIpc) is 2.13. The van der Waals surface area contributed by atoms with E-state index in [0.29, 0.717) is 16.8 Å². The van der Waals surface area contributed by atoms with Crippen molar-refractivity contribution in [3.8, 4) is 5.88 Å². The second-order valence-electron chi connectivity index (χ2n) is 2.70. The van der Waals surface area contributed by atoms with Gasteiger partial charge in [0.2, 0.25) is 5.88 Å². The zero-order valence-electron chi connectivity index (χ0n) is 7.81. The molecule has 0 atom stereocenters. The smallest absolute Gasteiger partial charge is 0.422 e. The van der Waals surface area contributed by atoms with E-state index in [-0.39, 0.29) is 5.88 Å². The minimum Gasteiger partial charge on any atom is -0.468 e. The lowest BCUT2D eigenvalue weighted by Crippen LogP contribution is -2.20. The van der Waals surface area contributed by atoms with Crippen LogP contribution in [0.2, 0.25) is 0 Å². The van der Waals surface area contributed by atoms with Gasteiger partial charge in [-0.1, -0.05) is 6.92 Å². The molecule has 0 fully saturated rings. The lowest BCUT2D eigenvalue weighted by atomic mass is 10.4. The van der Waals surface area contributed by atoms with E-state index in [0.717, 1.165) is 0 Å². The molecule has 0 N–H and O–H groups in total. The van der Waals surface area contributed by atoms with Crippen molar-refractivity contribution in [3.63, 3.8) is 0 Å². The summed E-state index contributed by atoms with van der Waals surface area (Å²) in [7, 11) is 0. The monoisotopic (exact) mass is 284 g/mol. The second kappa shape index (κ2) is 4.78. The molecule has 0 unspecified atom stereocenters. The summed E-state index contributed by atoms with van der Waals surface area (Å²) < 4.78 is 40.4. The van der Waals surface area contributed by atoms with E-state index in [2.05, 4.69) is 30.6 Å². The van der Waals surface area contributed by atoms with Gasteiger partial charge in [0.15, 0.2) is 6.61 Å². The molecule has 1 aromatic heterocycles. The highest BCUT2D eigenvalue weighted by Crippen LogP contribution is 2.19. The molecule has 15 heavy (non-hydrogen) atoms. The predicted octanol–water partition coefficient (Wildman–Crippen LogP) is 2.74. The largest absolute Gasteiger partial charge is 0.468 e. The van der Waals surface area contributed by atoms with E-state index >= 15 is 0 Å². The molecular formula is C8H8BrF3N2O. The van der Waals surface area contributed by atoms with Gasteiger partial charge < -0.3 is 4.74 Å². The summed E-state index contributed by atoms with van der Waals surface area (Å²) in [4.78, 5) is 7.73. The van der Waals surface area contributed by atoms with Crippen LogP contribution in [0.4, 0.5) is 13.2 Å². The first-order valence-corrected chi connectivity index (χ1v) is 4.93. The van der Waals surface area contributed by atoms with Gasteiger partial charge in [-0.05, 0) is 15.9 Å². The molecule has 0 aliphatic heterocycles. The number of halogens is 4. The average molecular weight is 285 g/mol. The Hall–Kier alpha value is -0.850. The molecule has 0 radical (unpaired) electrons. The van der Waals surface area contributed by atoms with Gasteiger partial charge in [-0.3, -0.25) is 0 Å². The standard InChI is InChI=1S/C8H8BrF3N2O/c1-2-6-13-5(9)3-7(14-6)15-4-8(10,11)12/h3H,2,4H2,1H3. The van der Waals surface area contributed by atoms with Crippen molar-refractivity contribution in [1.29, 1.82) is 0 Å². The van der Waals surface area contributed by atoms with Gasteiger partial charge in [0.05, 0.1) is 0 Å². The minimum atomic E-state index is -4.36. The molecule has 1 heterocycles. The molecule has 0 aliphatic carbocycles. The molecule has 0 spiro atoms. The van der Waals surface area contributed by atoms with Gasteiger partial charge in [0.1, 0.15) is 10.4 Å². The van der Waals surface area contributed by atoms with Crippen LogP contribution >= 0.6 is 15.9 Å². The Morgan fingerprint density at radius 1 is 1.40 bits per heavy atom. The van der Waals surface area contributed by atoms with Crippen molar-refractivity contribution in [1.82, 2.24) is 9.97 Å². The summed E-state index contributed by atoms with van der Waals surface area (Å²) in [5.41, 5.74) is 0. The topological polar surface area (TPSA) is 35.0 Å². The number of alkyl halides is 3. The SMILES string of the molecule is CCc1nc(Br)cc(OCC(F)(F)F)n1. The Labute approximate surface area is 92.8 Å². The number of ether oxygens (including phenoxy) is 1. The molecule has 0 bridgehead atoms. The van der Waals surface area contributed by atoms with Crippen molar-refractivity contribution < 1.29 is 17.9 Å². The van der Waals surface area contributed by atoms with Gasteiger partial charge in [-0.25, -0.2) is 4.98 Å². The third-order valence-electron chi connectivity index (χ3n) is 1.42. The van der Waals surface area contributed by atoms with E-state index in [9.17, 15) is 13.2 Å². The number of nitrogens with zero attached hydrogens (tertiary/aromatic N) is 2. The fourth-order valence-electron chi connectivity index (χ4n) is 0.830. The molecule has 0 saturated carbocycles. The highest BCUT2D eigenvalue weighted by molar-refractivity contribution is 9.10. The third kappa shape index (κ3) is 4.46. The molecule has 0 amide bonds. The number of aryl methyl sites for hydroxylation is 1. The predicted molar refractivity (Wildman–Crippen MR) is 50.7 cm³/mol. The first-order valence-electron chi connectivity index (χ1n) is 4.13. The zero-order valence-corrected chi connectivity index (χ0v) is 9.39. The maximum Gasteiger partial charge on any atom is 0.422 e. The molecule has 0 aromatic carbocycles. The summed E-state index contributed by atoms with van der Waals surface area (Å²) in [6.07, 6.45) is -3.83. The lowest BCUT2D eigenvalue weighted by Gasteiger charge is -2.08. The fraction of sp³-hybridized carbons (Fsp3) is 0.500. The molecule has 84 valence electrons. The van der Waals surface area contributed by atoms with Crippen molar-refractivity contribution in [2.24, 2.45) is 0 Å². The van der Waals surface area contributed by atoms with Crippen molar-refractivity contribution in [2.45, 2.75) is 19.5 Å². The second-order valence-corrected chi connectivity index (χ2v) is 3.52. The van der Waals surface area contributed by atoms with Crippen molar-refractivity contribution in [3.05, 3.63) is 16.5 Å². The van der Waals surface area contributed by atoms with E-state index in [1.807, 2.05) is 0 Å². The number of rotatable bonds is 3. The summed E-state index contributed by atoms with van der Waals surface area (Å²) >= 11 is 3.06. The normalized spacial score (nSPS) is 11.5. The van der Waals surface area contributed by atoms with Crippen LogP contribution in [-0.4, -0.2) is 22.8 Å². The lowest BCUT2D eigenvalue weighted by molar-refractivity contribution is -0.154. The molecule has 0 saturated heterocycles. The van der Waals surface area contributed by atoms with Crippen LogP contribution < -0.4 is 4.74 Å². The van der Waals surface area contributed by atoms with E-state index in [1.165, 1.54) is 6.07 Å². The van der Waals surface area contributed by atoms with Crippen LogP contribution in [-0.2, 0) is 6.42 Å². The van der Waals surface area contributed by atoms with Crippen molar-refractivity contribution in [2.75, 3.05) is 6.61 Å². The van der Waals surface area contributed by atoms with Crippen LogP contribution in [0.3, 0.4) is 0 Å². The zero-order chi connectivity index (χ0) is 11.5. The van der Waals surface area contributed by atoms with E-state index < -0.39 is 12.8 Å². The van der Waals surface area contributed by atoms with Crippen LogP contribution in [0.25, 0.3) is 0 Å².